The molecule has 2 aromatic carbocycles. The zero-order valence-corrected chi connectivity index (χ0v) is 21.9. The first-order chi connectivity index (χ1) is 18.3. The quantitative estimate of drug-likeness (QED) is 0.349. The van der Waals surface area contributed by atoms with Gasteiger partial charge in [0.15, 0.2) is 27.8 Å². The Hall–Kier alpha value is -4.38. The minimum Gasteiger partial charge on any atom is -0.493 e. The van der Waals surface area contributed by atoms with Crippen LogP contribution in [0.1, 0.15) is 37.9 Å². The zero-order valence-electron chi connectivity index (χ0n) is 21.1. The number of nitrogens with zero attached hydrogens (tertiary/aromatic N) is 2. The number of esters is 2. The Morgan fingerprint density at radius 2 is 1.95 bits per heavy atom. The molecule has 1 aromatic heterocycles. The van der Waals surface area contributed by atoms with Crippen molar-refractivity contribution >= 4 is 29.4 Å². The van der Waals surface area contributed by atoms with Crippen LogP contribution in [0.25, 0.3) is 6.08 Å². The summed E-state index contributed by atoms with van der Waals surface area (Å²) in [6.45, 7) is 5.01. The maximum absolute atomic E-state index is 13.8. The Labute approximate surface area is 221 Å². The second kappa shape index (κ2) is 10.2. The van der Waals surface area contributed by atoms with E-state index in [-0.39, 0.29) is 36.0 Å². The number of thiazole rings is 1. The molecule has 5 rings (SSSR count). The third-order valence-electron chi connectivity index (χ3n) is 5.97. The number of allylic oxidation sites excluding steroid dienone is 1. The molecule has 0 saturated carbocycles. The van der Waals surface area contributed by atoms with Crippen molar-refractivity contribution < 1.29 is 33.3 Å². The lowest BCUT2D eigenvalue weighted by Crippen LogP contribution is -2.40. The van der Waals surface area contributed by atoms with Gasteiger partial charge < -0.3 is 23.7 Å². The van der Waals surface area contributed by atoms with Gasteiger partial charge in [0, 0.05) is 6.92 Å². The average Bonchev–Trinajstić information content (AvgIpc) is 3.47. The Bertz CT molecular complexity index is 1670. The summed E-state index contributed by atoms with van der Waals surface area (Å²) in [6, 6.07) is 9.45. The maximum Gasteiger partial charge on any atom is 0.338 e. The van der Waals surface area contributed by atoms with Gasteiger partial charge >= 0.3 is 11.9 Å². The first-order valence-electron chi connectivity index (χ1n) is 11.8. The number of methoxy groups -OCH3 is 1. The molecule has 10 nitrogen and oxygen atoms in total. The minimum atomic E-state index is -0.843. The fraction of sp³-hybridized carbons (Fsp3) is 0.259. The summed E-state index contributed by atoms with van der Waals surface area (Å²) < 4.78 is 28.7. The van der Waals surface area contributed by atoms with Crippen molar-refractivity contribution in [3.63, 3.8) is 0 Å². The highest BCUT2D eigenvalue weighted by Crippen LogP contribution is 2.36. The molecule has 0 N–H and O–H groups in total. The van der Waals surface area contributed by atoms with Crippen molar-refractivity contribution in [1.82, 2.24) is 4.57 Å². The Morgan fingerprint density at radius 1 is 1.16 bits per heavy atom. The second-order valence-corrected chi connectivity index (χ2v) is 9.43. The van der Waals surface area contributed by atoms with Crippen LogP contribution in [0.3, 0.4) is 0 Å². The fourth-order valence-corrected chi connectivity index (χ4v) is 5.40. The summed E-state index contributed by atoms with van der Waals surface area (Å²) in [5.41, 5.74) is 1.66. The largest absolute Gasteiger partial charge is 0.493 e. The first-order valence-corrected chi connectivity index (χ1v) is 12.6. The van der Waals surface area contributed by atoms with Gasteiger partial charge in [0.2, 0.25) is 6.79 Å². The molecule has 0 fully saturated rings. The molecular formula is C27H24N2O8S. The van der Waals surface area contributed by atoms with Gasteiger partial charge in [-0.2, -0.15) is 0 Å². The molecule has 0 amide bonds. The summed E-state index contributed by atoms with van der Waals surface area (Å²) in [5, 5.41) is 0. The summed E-state index contributed by atoms with van der Waals surface area (Å²) in [7, 11) is 1.44. The summed E-state index contributed by atoms with van der Waals surface area (Å²) >= 11 is 1.21. The van der Waals surface area contributed by atoms with Gasteiger partial charge in [0.25, 0.3) is 5.56 Å². The zero-order chi connectivity index (χ0) is 27.0. The van der Waals surface area contributed by atoms with Crippen LogP contribution in [0, 0.1) is 0 Å². The molecule has 196 valence electrons. The van der Waals surface area contributed by atoms with E-state index >= 15 is 0 Å². The van der Waals surface area contributed by atoms with E-state index in [1.165, 1.54) is 29.9 Å². The van der Waals surface area contributed by atoms with Crippen molar-refractivity contribution in [2.45, 2.75) is 26.8 Å². The maximum atomic E-state index is 13.8. The number of hydrogen-bond acceptors (Lipinski definition) is 10. The van der Waals surface area contributed by atoms with Gasteiger partial charge in [-0.15, -0.1) is 0 Å². The highest BCUT2D eigenvalue weighted by atomic mass is 32.1. The summed E-state index contributed by atoms with van der Waals surface area (Å²) in [5.74, 6) is 0.659. The van der Waals surface area contributed by atoms with Gasteiger partial charge in [-0.1, -0.05) is 23.5 Å². The van der Waals surface area contributed by atoms with Crippen LogP contribution < -0.4 is 33.8 Å². The van der Waals surface area contributed by atoms with Crippen LogP contribution >= 0.6 is 11.3 Å². The van der Waals surface area contributed by atoms with Gasteiger partial charge in [-0.25, -0.2) is 9.79 Å². The molecular weight excluding hydrogens is 512 g/mol. The molecule has 3 heterocycles. The SMILES string of the molecule is CCOC(=O)C1=C(C)N=c2s/c(=C\c3ccc4c(c3)OCO4)c(=O)n2C1c1ccc(OC(C)=O)c(OC)c1. The predicted octanol–water partition coefficient (Wildman–Crippen LogP) is 2.46. The van der Waals surface area contributed by atoms with Gasteiger partial charge in [0.1, 0.15) is 0 Å². The molecule has 1 unspecified atom stereocenters. The van der Waals surface area contributed by atoms with Crippen molar-refractivity contribution in [2.24, 2.45) is 4.99 Å². The Kier molecular flexibility index (Phi) is 6.77. The second-order valence-electron chi connectivity index (χ2n) is 8.42. The van der Waals surface area contributed by atoms with E-state index in [4.69, 9.17) is 23.7 Å². The lowest BCUT2D eigenvalue weighted by Gasteiger charge is -2.25. The smallest absolute Gasteiger partial charge is 0.338 e. The number of ether oxygens (including phenoxy) is 5. The molecule has 1 atom stereocenters. The molecule has 0 spiro atoms. The topological polar surface area (TPSA) is 115 Å². The van der Waals surface area contributed by atoms with Crippen LogP contribution in [-0.4, -0.2) is 37.0 Å². The van der Waals surface area contributed by atoms with E-state index in [1.54, 1.807) is 50.3 Å². The van der Waals surface area contributed by atoms with Crippen molar-refractivity contribution in [3.8, 4) is 23.0 Å². The lowest BCUT2D eigenvalue weighted by atomic mass is 9.95. The average molecular weight is 537 g/mol. The van der Waals surface area contributed by atoms with Crippen LogP contribution in [0.4, 0.5) is 0 Å². The number of fused-ring (bicyclic) bond motifs is 2. The molecule has 2 aliphatic heterocycles. The summed E-state index contributed by atoms with van der Waals surface area (Å²) in [6.07, 6.45) is 1.75. The highest BCUT2D eigenvalue weighted by Gasteiger charge is 2.34. The van der Waals surface area contributed by atoms with Gasteiger partial charge in [-0.05, 0) is 55.3 Å². The number of aromatic nitrogens is 1. The van der Waals surface area contributed by atoms with Crippen LogP contribution in [0.5, 0.6) is 23.0 Å². The van der Waals surface area contributed by atoms with E-state index in [0.29, 0.717) is 32.1 Å². The Morgan fingerprint density at radius 3 is 2.68 bits per heavy atom. The minimum absolute atomic E-state index is 0.149. The molecule has 3 aromatic rings. The number of benzene rings is 2. The normalized spacial score (nSPS) is 16.1. The van der Waals surface area contributed by atoms with Crippen molar-refractivity contribution in [3.05, 3.63) is 78.5 Å². The van der Waals surface area contributed by atoms with Crippen molar-refractivity contribution in [1.29, 1.82) is 0 Å². The van der Waals surface area contributed by atoms with E-state index in [0.717, 1.165) is 5.56 Å². The molecule has 0 saturated heterocycles. The predicted molar refractivity (Wildman–Crippen MR) is 137 cm³/mol. The molecule has 11 heteroatoms. The Balaban J connectivity index is 1.69. The monoisotopic (exact) mass is 536 g/mol. The van der Waals surface area contributed by atoms with Crippen LogP contribution in [-0.2, 0) is 14.3 Å². The molecule has 0 bridgehead atoms. The number of hydrogen-bond donors (Lipinski definition) is 0. The highest BCUT2D eigenvalue weighted by molar-refractivity contribution is 7.07. The van der Waals surface area contributed by atoms with Crippen LogP contribution in [0.2, 0.25) is 0 Å². The standard InChI is InChI=1S/C27H24N2O8S/c1-5-34-26(32)23-14(2)28-27-29(24(23)17-7-9-19(37-15(3)30)20(12-17)33-4)25(31)22(38-27)11-16-6-8-18-21(10-16)36-13-35-18/h6-12,24H,5,13H2,1-4H3/b22-11-. The number of carbonyl (C=O) groups is 2. The first kappa shape index (κ1) is 25.3. The molecule has 2 aliphatic rings. The fourth-order valence-electron chi connectivity index (χ4n) is 4.35. The van der Waals surface area contributed by atoms with E-state index in [1.807, 2.05) is 6.07 Å². The third kappa shape index (κ3) is 4.56. The van der Waals surface area contributed by atoms with E-state index < -0.39 is 18.0 Å². The van der Waals surface area contributed by atoms with Crippen molar-refractivity contribution in [2.75, 3.05) is 20.5 Å². The number of carbonyl (C=O) groups excluding carboxylic acids is 2. The summed E-state index contributed by atoms with van der Waals surface area (Å²) in [4.78, 5) is 43.4. The molecule has 0 radical (unpaired) electrons. The lowest BCUT2D eigenvalue weighted by molar-refractivity contribution is -0.139. The molecule has 38 heavy (non-hydrogen) atoms. The van der Waals surface area contributed by atoms with Crippen LogP contribution in [0.15, 0.2) is 57.5 Å². The van der Waals surface area contributed by atoms with Gasteiger partial charge in [0.05, 0.1) is 35.6 Å². The van der Waals surface area contributed by atoms with Gasteiger partial charge in [-0.3, -0.25) is 14.2 Å². The number of rotatable bonds is 6. The van der Waals surface area contributed by atoms with E-state index in [9.17, 15) is 14.4 Å². The third-order valence-corrected chi connectivity index (χ3v) is 6.95. The molecule has 0 aliphatic carbocycles. The van der Waals surface area contributed by atoms with E-state index in [2.05, 4.69) is 4.99 Å².